The Morgan fingerprint density at radius 3 is 2.55 bits per heavy atom. The highest BCUT2D eigenvalue weighted by molar-refractivity contribution is 6.05. The number of carbonyl (C=O) groups is 2. The van der Waals surface area contributed by atoms with Crippen LogP contribution in [0.25, 0.3) is 11.0 Å². The van der Waals surface area contributed by atoms with Crippen LogP contribution in [0.3, 0.4) is 0 Å². The average molecular weight is 442 g/mol. The molecule has 0 bridgehead atoms. The van der Waals surface area contributed by atoms with Gasteiger partial charge in [0.2, 0.25) is 0 Å². The van der Waals surface area contributed by atoms with Gasteiger partial charge in [-0.2, -0.15) is 0 Å². The fourth-order valence-corrected chi connectivity index (χ4v) is 3.98. The van der Waals surface area contributed by atoms with E-state index in [1.807, 2.05) is 50.6 Å². The molecule has 0 spiro atoms. The van der Waals surface area contributed by atoms with E-state index in [0.29, 0.717) is 36.3 Å². The Bertz CT molecular complexity index is 1250. The zero-order chi connectivity index (χ0) is 23.2. The third kappa shape index (κ3) is 5.09. The van der Waals surface area contributed by atoms with E-state index in [1.54, 1.807) is 40.1 Å². The SMILES string of the molecule is CN(C(=O)c1ccnc2ncccc12)[C@H](CCNC(=O)c1cccn1C)Cc1ccccc1. The number of likely N-dealkylation sites (N-methyl/N-ethyl adjacent to an activating group) is 1. The third-order valence-electron chi connectivity index (χ3n) is 5.87. The first-order chi connectivity index (χ1) is 16.0. The lowest BCUT2D eigenvalue weighted by atomic mass is 10.0. The van der Waals surface area contributed by atoms with Crippen molar-refractivity contribution in [1.29, 1.82) is 0 Å². The van der Waals surface area contributed by atoms with Crippen LogP contribution < -0.4 is 5.32 Å². The van der Waals surface area contributed by atoms with Crippen molar-refractivity contribution in [3.8, 4) is 0 Å². The second-order valence-corrected chi connectivity index (χ2v) is 8.04. The number of rotatable bonds is 8. The largest absolute Gasteiger partial charge is 0.351 e. The van der Waals surface area contributed by atoms with Crippen molar-refractivity contribution in [1.82, 2.24) is 24.8 Å². The summed E-state index contributed by atoms with van der Waals surface area (Å²) in [6.07, 6.45) is 6.43. The molecule has 4 aromatic rings. The molecule has 7 heteroatoms. The molecule has 0 aliphatic carbocycles. The van der Waals surface area contributed by atoms with Gasteiger partial charge >= 0.3 is 0 Å². The molecular weight excluding hydrogens is 414 g/mol. The molecule has 33 heavy (non-hydrogen) atoms. The van der Waals surface area contributed by atoms with Crippen molar-refractivity contribution in [2.45, 2.75) is 18.9 Å². The second kappa shape index (κ2) is 10.1. The molecular formula is C26H27N5O2. The Kier molecular flexibility index (Phi) is 6.78. The Hall–Kier alpha value is -4.00. The second-order valence-electron chi connectivity index (χ2n) is 8.04. The number of pyridine rings is 2. The quantitative estimate of drug-likeness (QED) is 0.454. The molecule has 168 valence electrons. The van der Waals surface area contributed by atoms with Crippen molar-refractivity contribution in [2.75, 3.05) is 13.6 Å². The lowest BCUT2D eigenvalue weighted by Gasteiger charge is -2.29. The molecule has 0 unspecified atom stereocenters. The number of amides is 2. The standard InChI is InChI=1S/C26H27N5O2/c1-30-17-7-11-23(30)25(32)29-15-12-20(18-19-8-4-3-5-9-19)31(2)26(33)22-13-16-28-24-21(22)10-6-14-27-24/h3-11,13-14,16-17,20H,12,15,18H2,1-2H3,(H,29,32)/t20-/m1/s1. The molecule has 2 amide bonds. The fourth-order valence-electron chi connectivity index (χ4n) is 3.98. The summed E-state index contributed by atoms with van der Waals surface area (Å²) in [5.74, 6) is -0.216. The van der Waals surface area contributed by atoms with Gasteiger partial charge in [0.15, 0.2) is 5.65 Å². The minimum absolute atomic E-state index is 0.0925. The van der Waals surface area contributed by atoms with Crippen LogP contribution in [0.1, 0.15) is 32.8 Å². The van der Waals surface area contributed by atoms with Gasteiger partial charge in [0.25, 0.3) is 11.8 Å². The van der Waals surface area contributed by atoms with Crippen molar-refractivity contribution in [3.05, 3.63) is 96.1 Å². The van der Waals surface area contributed by atoms with E-state index >= 15 is 0 Å². The maximum atomic E-state index is 13.5. The summed E-state index contributed by atoms with van der Waals surface area (Å²) in [4.78, 5) is 36.3. The Labute approximate surface area is 193 Å². The van der Waals surface area contributed by atoms with E-state index in [0.717, 1.165) is 10.9 Å². The molecule has 1 aromatic carbocycles. The highest BCUT2D eigenvalue weighted by atomic mass is 16.2. The first-order valence-corrected chi connectivity index (χ1v) is 10.9. The van der Waals surface area contributed by atoms with Gasteiger partial charge in [-0.15, -0.1) is 0 Å². The summed E-state index contributed by atoms with van der Waals surface area (Å²) >= 11 is 0. The summed E-state index contributed by atoms with van der Waals surface area (Å²) in [7, 11) is 3.66. The first kappa shape index (κ1) is 22.2. The van der Waals surface area contributed by atoms with Gasteiger partial charge in [0.1, 0.15) is 5.69 Å². The number of nitrogens with zero attached hydrogens (tertiary/aromatic N) is 4. The minimum atomic E-state index is -0.124. The van der Waals surface area contributed by atoms with E-state index in [-0.39, 0.29) is 17.9 Å². The monoisotopic (exact) mass is 441 g/mol. The van der Waals surface area contributed by atoms with Crippen LogP contribution in [0.4, 0.5) is 0 Å². The zero-order valence-corrected chi connectivity index (χ0v) is 18.8. The third-order valence-corrected chi connectivity index (χ3v) is 5.87. The number of fused-ring (bicyclic) bond motifs is 1. The highest BCUT2D eigenvalue weighted by Crippen LogP contribution is 2.19. The van der Waals surface area contributed by atoms with Gasteiger partial charge in [-0.05, 0) is 48.7 Å². The fraction of sp³-hybridized carbons (Fsp3) is 0.231. The number of hydrogen-bond donors (Lipinski definition) is 1. The van der Waals surface area contributed by atoms with Crippen molar-refractivity contribution < 1.29 is 9.59 Å². The van der Waals surface area contributed by atoms with Gasteiger partial charge in [-0.1, -0.05) is 30.3 Å². The molecule has 3 heterocycles. The van der Waals surface area contributed by atoms with E-state index < -0.39 is 0 Å². The topological polar surface area (TPSA) is 80.1 Å². The Morgan fingerprint density at radius 1 is 1.00 bits per heavy atom. The summed E-state index contributed by atoms with van der Waals surface area (Å²) < 4.78 is 1.79. The molecule has 0 radical (unpaired) electrons. The van der Waals surface area contributed by atoms with Crippen LogP contribution in [-0.4, -0.2) is 50.9 Å². The number of aromatic nitrogens is 3. The van der Waals surface area contributed by atoms with Crippen LogP contribution in [0.2, 0.25) is 0 Å². The van der Waals surface area contributed by atoms with Crippen molar-refractivity contribution in [3.63, 3.8) is 0 Å². The van der Waals surface area contributed by atoms with Gasteiger partial charge < -0.3 is 14.8 Å². The maximum Gasteiger partial charge on any atom is 0.267 e. The van der Waals surface area contributed by atoms with Crippen molar-refractivity contribution >= 4 is 22.8 Å². The average Bonchev–Trinajstić information content (AvgIpc) is 3.28. The Morgan fingerprint density at radius 2 is 1.79 bits per heavy atom. The molecule has 0 fully saturated rings. The van der Waals surface area contributed by atoms with Gasteiger partial charge in [-0.25, -0.2) is 9.97 Å². The Balaban J connectivity index is 1.52. The predicted molar refractivity (Wildman–Crippen MR) is 128 cm³/mol. The van der Waals surface area contributed by atoms with Crippen molar-refractivity contribution in [2.24, 2.45) is 7.05 Å². The summed E-state index contributed by atoms with van der Waals surface area (Å²) in [6, 6.07) is 19.0. The molecule has 0 saturated heterocycles. The van der Waals surface area contributed by atoms with E-state index in [4.69, 9.17) is 0 Å². The first-order valence-electron chi connectivity index (χ1n) is 10.9. The lowest BCUT2D eigenvalue weighted by Crippen LogP contribution is -2.41. The number of hydrogen-bond acceptors (Lipinski definition) is 4. The normalized spacial score (nSPS) is 11.8. The number of carbonyl (C=O) groups excluding carboxylic acids is 2. The summed E-state index contributed by atoms with van der Waals surface area (Å²) in [5.41, 5.74) is 2.86. The van der Waals surface area contributed by atoms with Crippen LogP contribution in [0.15, 0.2) is 79.3 Å². The van der Waals surface area contributed by atoms with Gasteiger partial charge in [-0.3, -0.25) is 9.59 Å². The van der Waals surface area contributed by atoms with E-state index in [2.05, 4.69) is 27.4 Å². The number of nitrogens with one attached hydrogen (secondary N) is 1. The molecule has 0 saturated carbocycles. The molecule has 0 aliphatic heterocycles. The van der Waals surface area contributed by atoms with Crippen LogP contribution in [0, 0.1) is 0 Å². The van der Waals surface area contributed by atoms with Gasteiger partial charge in [0, 0.05) is 50.7 Å². The van der Waals surface area contributed by atoms with E-state index in [9.17, 15) is 9.59 Å². The molecule has 3 aromatic heterocycles. The van der Waals surface area contributed by atoms with Crippen LogP contribution >= 0.6 is 0 Å². The predicted octanol–water partition coefficient (Wildman–Crippen LogP) is 3.47. The number of benzene rings is 1. The smallest absolute Gasteiger partial charge is 0.267 e. The molecule has 1 N–H and O–H groups in total. The minimum Gasteiger partial charge on any atom is -0.351 e. The van der Waals surface area contributed by atoms with Gasteiger partial charge in [0.05, 0.1) is 5.56 Å². The molecule has 0 aliphatic rings. The maximum absolute atomic E-state index is 13.5. The molecule has 4 rings (SSSR count). The van der Waals surface area contributed by atoms with Crippen LogP contribution in [0.5, 0.6) is 0 Å². The summed E-state index contributed by atoms with van der Waals surface area (Å²) in [6.45, 7) is 0.456. The number of aryl methyl sites for hydroxylation is 1. The lowest BCUT2D eigenvalue weighted by molar-refractivity contribution is 0.0724. The highest BCUT2D eigenvalue weighted by Gasteiger charge is 2.23. The zero-order valence-electron chi connectivity index (χ0n) is 18.8. The van der Waals surface area contributed by atoms with E-state index in [1.165, 1.54) is 0 Å². The summed E-state index contributed by atoms with van der Waals surface area (Å²) in [5, 5.41) is 3.72. The van der Waals surface area contributed by atoms with Crippen LogP contribution in [-0.2, 0) is 13.5 Å². The molecule has 7 nitrogen and oxygen atoms in total. The molecule has 1 atom stereocenters.